The van der Waals surface area contributed by atoms with E-state index in [1.807, 2.05) is 4.72 Å². The summed E-state index contributed by atoms with van der Waals surface area (Å²) >= 11 is 0. The first-order valence-electron chi connectivity index (χ1n) is 10.0. The molecule has 12 heteroatoms. The van der Waals surface area contributed by atoms with Crippen LogP contribution in [0.5, 0.6) is 5.75 Å². The molecule has 1 amide bonds. The van der Waals surface area contributed by atoms with Gasteiger partial charge in [-0.15, -0.1) is 0 Å². The van der Waals surface area contributed by atoms with Crippen molar-refractivity contribution < 1.29 is 31.1 Å². The lowest BCUT2D eigenvalue weighted by Gasteiger charge is -2.17. The molecule has 1 aliphatic heterocycles. The number of phenolic OH excluding ortho intramolecular Hbond substituents is 1. The van der Waals surface area contributed by atoms with Gasteiger partial charge in [0.1, 0.15) is 18.1 Å². The number of nitrogens with zero attached hydrogens (tertiary/aromatic N) is 1. The van der Waals surface area contributed by atoms with Crippen molar-refractivity contribution in [2.45, 2.75) is 12.2 Å². The number of nitrogens with one attached hydrogen (secondary N) is 2. The average molecular weight is 506 g/mol. The lowest BCUT2D eigenvalue weighted by Crippen LogP contribution is -2.29. The fraction of sp³-hybridized carbons (Fsp3) is 0.136. The van der Waals surface area contributed by atoms with E-state index >= 15 is 0 Å². The van der Waals surface area contributed by atoms with Crippen molar-refractivity contribution in [1.82, 2.24) is 4.72 Å². The summed E-state index contributed by atoms with van der Waals surface area (Å²) in [6.07, 6.45) is 0.0404. The summed E-state index contributed by atoms with van der Waals surface area (Å²) < 4.78 is 68.3. The number of rotatable bonds is 7. The SMILES string of the molecule is O=C1CN(c2ccc(Cc3cc(F)ccc3NS(=O)(=O)Cc3ccccc3)cc2O)S(=O)(=O)N1. The molecule has 0 atom stereocenters. The summed E-state index contributed by atoms with van der Waals surface area (Å²) in [4.78, 5) is 11.5. The fourth-order valence-corrected chi connectivity index (χ4v) is 5.98. The first-order valence-corrected chi connectivity index (χ1v) is 13.1. The van der Waals surface area contributed by atoms with Crippen LogP contribution in [0.15, 0.2) is 66.7 Å². The molecule has 1 heterocycles. The van der Waals surface area contributed by atoms with Crippen molar-refractivity contribution in [1.29, 1.82) is 0 Å². The van der Waals surface area contributed by atoms with E-state index in [-0.39, 0.29) is 23.5 Å². The van der Waals surface area contributed by atoms with Gasteiger partial charge in [-0.1, -0.05) is 36.4 Å². The number of anilines is 2. The van der Waals surface area contributed by atoms with Crippen LogP contribution in [0.1, 0.15) is 16.7 Å². The minimum Gasteiger partial charge on any atom is -0.506 e. The molecular formula is C22H20FN3O6S2. The van der Waals surface area contributed by atoms with Gasteiger partial charge in [-0.25, -0.2) is 21.8 Å². The number of hydrogen-bond donors (Lipinski definition) is 3. The molecule has 0 spiro atoms. The average Bonchev–Trinajstić information content (AvgIpc) is 3.02. The van der Waals surface area contributed by atoms with Gasteiger partial charge in [0.2, 0.25) is 10.0 Å². The first-order chi connectivity index (χ1) is 16.0. The molecule has 4 rings (SSSR count). The summed E-state index contributed by atoms with van der Waals surface area (Å²) in [5.74, 6) is -1.97. The van der Waals surface area contributed by atoms with Gasteiger partial charge in [0.25, 0.3) is 5.91 Å². The van der Waals surface area contributed by atoms with Crippen molar-refractivity contribution in [3.05, 3.63) is 89.2 Å². The molecule has 9 nitrogen and oxygen atoms in total. The van der Waals surface area contributed by atoms with Crippen LogP contribution in [-0.2, 0) is 37.2 Å². The van der Waals surface area contributed by atoms with Crippen LogP contribution >= 0.6 is 0 Å². The van der Waals surface area contributed by atoms with E-state index in [4.69, 9.17) is 0 Å². The molecule has 0 aromatic heterocycles. The minimum absolute atomic E-state index is 0.0404. The van der Waals surface area contributed by atoms with Gasteiger partial charge < -0.3 is 5.11 Å². The number of carbonyl (C=O) groups is 1. The Kier molecular flexibility index (Phi) is 6.19. The maximum atomic E-state index is 14.0. The molecule has 1 saturated heterocycles. The number of hydrogen-bond acceptors (Lipinski definition) is 6. The molecule has 0 unspecified atom stereocenters. The third-order valence-corrected chi connectivity index (χ3v) is 7.69. The third kappa shape index (κ3) is 5.29. The fourth-order valence-electron chi connectivity index (χ4n) is 3.58. The van der Waals surface area contributed by atoms with Crippen LogP contribution in [0.2, 0.25) is 0 Å². The maximum absolute atomic E-state index is 14.0. The van der Waals surface area contributed by atoms with Gasteiger partial charge in [-0.3, -0.25) is 9.52 Å². The van der Waals surface area contributed by atoms with Crippen LogP contribution in [0.25, 0.3) is 0 Å². The van der Waals surface area contributed by atoms with E-state index in [2.05, 4.69) is 4.72 Å². The molecule has 0 radical (unpaired) electrons. The molecule has 34 heavy (non-hydrogen) atoms. The normalized spacial score (nSPS) is 15.2. The number of sulfonamides is 1. The summed E-state index contributed by atoms with van der Waals surface area (Å²) in [7, 11) is -7.89. The quantitative estimate of drug-likeness (QED) is 0.451. The third-order valence-electron chi connectivity index (χ3n) is 5.06. The predicted molar refractivity (Wildman–Crippen MR) is 124 cm³/mol. The van der Waals surface area contributed by atoms with Crippen LogP contribution in [-0.4, -0.2) is 34.4 Å². The van der Waals surface area contributed by atoms with Gasteiger partial charge >= 0.3 is 10.2 Å². The Labute approximate surface area is 196 Å². The summed E-state index contributed by atoms with van der Waals surface area (Å²) in [6, 6.07) is 16.3. The molecule has 0 aliphatic carbocycles. The number of halogens is 1. The van der Waals surface area contributed by atoms with E-state index in [0.29, 0.717) is 16.7 Å². The number of benzene rings is 3. The topological polar surface area (TPSA) is 133 Å². The largest absolute Gasteiger partial charge is 0.506 e. The Morgan fingerprint density at radius 2 is 1.76 bits per heavy atom. The van der Waals surface area contributed by atoms with E-state index < -0.39 is 44.3 Å². The standard InChI is InChI=1S/C22H20FN3O6S2/c23-18-7-8-19(24-33(29,30)14-15-4-2-1-3-5-15)17(12-18)10-16-6-9-20(21(27)11-16)26-13-22(28)25-34(26,31)32/h1-9,11-12,24,27H,10,13-14H2,(H,25,28). The molecule has 1 fully saturated rings. The van der Waals surface area contributed by atoms with Gasteiger partial charge in [0.05, 0.1) is 17.1 Å². The maximum Gasteiger partial charge on any atom is 0.326 e. The van der Waals surface area contributed by atoms with Crippen molar-refractivity contribution in [3.8, 4) is 5.75 Å². The Balaban J connectivity index is 1.58. The van der Waals surface area contributed by atoms with Crippen LogP contribution in [0.4, 0.5) is 15.8 Å². The van der Waals surface area contributed by atoms with Gasteiger partial charge in [-0.2, -0.15) is 8.42 Å². The van der Waals surface area contributed by atoms with E-state index in [9.17, 15) is 31.1 Å². The van der Waals surface area contributed by atoms with Crippen LogP contribution < -0.4 is 13.7 Å². The highest BCUT2D eigenvalue weighted by atomic mass is 32.2. The van der Waals surface area contributed by atoms with E-state index in [1.54, 1.807) is 30.3 Å². The number of aromatic hydroxyl groups is 1. The number of carbonyl (C=O) groups excluding carboxylic acids is 1. The zero-order valence-corrected chi connectivity index (χ0v) is 19.2. The zero-order chi connectivity index (χ0) is 24.5. The summed E-state index contributed by atoms with van der Waals surface area (Å²) in [5.41, 5.74) is 1.45. The second-order valence-electron chi connectivity index (χ2n) is 7.68. The molecular weight excluding hydrogens is 485 g/mol. The van der Waals surface area contributed by atoms with Crippen molar-refractivity contribution in [2.24, 2.45) is 0 Å². The van der Waals surface area contributed by atoms with Gasteiger partial charge in [-0.05, 0) is 53.4 Å². The molecule has 1 aliphatic rings. The lowest BCUT2D eigenvalue weighted by molar-refractivity contribution is -0.117. The highest BCUT2D eigenvalue weighted by Crippen LogP contribution is 2.33. The Morgan fingerprint density at radius 1 is 1.03 bits per heavy atom. The summed E-state index contributed by atoms with van der Waals surface area (Å²) in [5, 5.41) is 10.4. The second kappa shape index (κ2) is 8.95. The molecule has 178 valence electrons. The molecule has 0 saturated carbocycles. The minimum atomic E-state index is -4.09. The van der Waals surface area contributed by atoms with Gasteiger partial charge in [0.15, 0.2) is 0 Å². The molecule has 0 bridgehead atoms. The summed E-state index contributed by atoms with van der Waals surface area (Å²) in [6.45, 7) is -0.466. The zero-order valence-electron chi connectivity index (χ0n) is 17.6. The van der Waals surface area contributed by atoms with Gasteiger partial charge in [0, 0.05) is 0 Å². The molecule has 3 aromatic carbocycles. The van der Waals surface area contributed by atoms with E-state index in [0.717, 1.165) is 10.4 Å². The Hall–Kier alpha value is -3.64. The van der Waals surface area contributed by atoms with Crippen LogP contribution in [0, 0.1) is 5.82 Å². The molecule has 3 aromatic rings. The van der Waals surface area contributed by atoms with Crippen molar-refractivity contribution in [3.63, 3.8) is 0 Å². The van der Waals surface area contributed by atoms with E-state index in [1.165, 1.54) is 30.3 Å². The van der Waals surface area contributed by atoms with Crippen LogP contribution in [0.3, 0.4) is 0 Å². The monoisotopic (exact) mass is 505 g/mol. The lowest BCUT2D eigenvalue weighted by atomic mass is 10.0. The Bertz CT molecular complexity index is 1460. The number of phenols is 1. The highest BCUT2D eigenvalue weighted by molar-refractivity contribution is 7.92. The van der Waals surface area contributed by atoms with Crippen molar-refractivity contribution in [2.75, 3.05) is 15.6 Å². The van der Waals surface area contributed by atoms with Crippen molar-refractivity contribution >= 4 is 37.5 Å². The smallest absolute Gasteiger partial charge is 0.326 e. The molecule has 3 N–H and O–H groups in total. The second-order valence-corrected chi connectivity index (χ2v) is 11.0. The predicted octanol–water partition coefficient (Wildman–Crippen LogP) is 2.24. The Morgan fingerprint density at radius 3 is 2.41 bits per heavy atom. The number of amides is 1. The highest BCUT2D eigenvalue weighted by Gasteiger charge is 2.35. The first kappa shape index (κ1) is 23.5.